The van der Waals surface area contributed by atoms with Gasteiger partial charge >= 0.3 is 6.18 Å². The molecule has 0 atom stereocenters. The minimum atomic E-state index is -4.39. The highest BCUT2D eigenvalue weighted by molar-refractivity contribution is 5.59. The highest BCUT2D eigenvalue weighted by Crippen LogP contribution is 2.31. The van der Waals surface area contributed by atoms with E-state index in [9.17, 15) is 18.0 Å². The molecule has 2 aromatic rings. The summed E-state index contributed by atoms with van der Waals surface area (Å²) in [6, 6.07) is 4.76. The molecule has 0 aliphatic rings. The predicted octanol–water partition coefficient (Wildman–Crippen LogP) is 2.46. The molecule has 0 saturated carbocycles. The van der Waals surface area contributed by atoms with Crippen LogP contribution >= 0.6 is 0 Å². The van der Waals surface area contributed by atoms with E-state index in [1.165, 1.54) is 18.3 Å². The average Bonchev–Trinajstić information content (AvgIpc) is 2.29. The fourth-order valence-electron chi connectivity index (χ4n) is 1.35. The second-order valence-electron chi connectivity index (χ2n) is 3.37. The Hall–Kier alpha value is -2.11. The molecule has 0 radical (unpaired) electrons. The summed E-state index contributed by atoms with van der Waals surface area (Å²) in [6.07, 6.45) is -2.09. The maximum Gasteiger partial charge on any atom is 0.416 e. The van der Waals surface area contributed by atoms with Gasteiger partial charge in [-0.15, -0.1) is 0 Å². The Kier molecular flexibility index (Phi) is 2.71. The van der Waals surface area contributed by atoms with Gasteiger partial charge in [-0.05, 0) is 12.1 Å². The lowest BCUT2D eigenvalue weighted by Gasteiger charge is -2.07. The van der Waals surface area contributed by atoms with Crippen LogP contribution in [0.1, 0.15) is 5.56 Å². The Morgan fingerprint density at radius 1 is 1.24 bits per heavy atom. The van der Waals surface area contributed by atoms with Gasteiger partial charge in [0.25, 0.3) is 5.56 Å². The molecule has 0 amide bonds. The van der Waals surface area contributed by atoms with Crippen molar-refractivity contribution < 1.29 is 13.2 Å². The number of aromatic nitrogens is 2. The molecular weight excluding hydrogens is 233 g/mol. The van der Waals surface area contributed by atoms with Crippen molar-refractivity contribution in [3.8, 4) is 11.3 Å². The second-order valence-corrected chi connectivity index (χ2v) is 3.37. The number of nitrogens with zero attached hydrogens (tertiary/aromatic N) is 1. The van der Waals surface area contributed by atoms with Crippen molar-refractivity contribution >= 4 is 0 Å². The van der Waals surface area contributed by atoms with Crippen molar-refractivity contribution in [3.05, 3.63) is 52.6 Å². The van der Waals surface area contributed by atoms with Gasteiger partial charge in [-0.3, -0.25) is 4.79 Å². The average molecular weight is 240 g/mol. The molecule has 3 nitrogen and oxygen atoms in total. The zero-order valence-corrected chi connectivity index (χ0v) is 8.45. The van der Waals surface area contributed by atoms with Crippen LogP contribution in [-0.2, 0) is 6.18 Å². The van der Waals surface area contributed by atoms with Crippen LogP contribution in [0, 0.1) is 0 Å². The summed E-state index contributed by atoms with van der Waals surface area (Å²) in [5.74, 6) is 0. The van der Waals surface area contributed by atoms with Gasteiger partial charge < -0.3 is 4.98 Å². The first-order valence-corrected chi connectivity index (χ1v) is 4.69. The third-order valence-electron chi connectivity index (χ3n) is 2.16. The molecule has 6 heteroatoms. The van der Waals surface area contributed by atoms with Gasteiger partial charge in [-0.2, -0.15) is 13.2 Å². The van der Waals surface area contributed by atoms with Crippen molar-refractivity contribution in [2.75, 3.05) is 0 Å². The van der Waals surface area contributed by atoms with Gasteiger partial charge in [0.2, 0.25) is 0 Å². The third-order valence-corrected chi connectivity index (χ3v) is 2.16. The number of rotatable bonds is 1. The summed E-state index contributed by atoms with van der Waals surface area (Å²) in [7, 11) is 0. The van der Waals surface area contributed by atoms with Crippen molar-refractivity contribution in [1.29, 1.82) is 0 Å². The predicted molar refractivity (Wildman–Crippen MR) is 55.3 cm³/mol. The Balaban J connectivity index is 2.47. The van der Waals surface area contributed by atoms with Crippen LogP contribution in [0.5, 0.6) is 0 Å². The zero-order valence-electron chi connectivity index (χ0n) is 8.45. The first-order valence-electron chi connectivity index (χ1n) is 4.69. The minimum Gasteiger partial charge on any atom is -0.326 e. The Morgan fingerprint density at radius 3 is 2.59 bits per heavy atom. The van der Waals surface area contributed by atoms with E-state index >= 15 is 0 Å². The van der Waals surface area contributed by atoms with Crippen molar-refractivity contribution in [2.24, 2.45) is 0 Å². The van der Waals surface area contributed by atoms with Crippen molar-refractivity contribution in [2.45, 2.75) is 6.18 Å². The number of H-pyrrole nitrogens is 1. The van der Waals surface area contributed by atoms with Gasteiger partial charge in [-0.25, -0.2) is 4.98 Å². The summed E-state index contributed by atoms with van der Waals surface area (Å²) in [6.45, 7) is 0. The zero-order chi connectivity index (χ0) is 12.5. The maximum atomic E-state index is 12.5. The van der Waals surface area contributed by atoms with Gasteiger partial charge in [0, 0.05) is 11.8 Å². The van der Waals surface area contributed by atoms with Crippen LogP contribution in [0.4, 0.5) is 13.2 Å². The van der Waals surface area contributed by atoms with Gasteiger partial charge in [0.15, 0.2) is 0 Å². The Morgan fingerprint density at radius 2 is 2.00 bits per heavy atom. The number of hydrogen-bond acceptors (Lipinski definition) is 2. The molecule has 0 unspecified atom stereocenters. The standard InChI is InChI=1S/C11H7F3N2O/c12-11(13,14)8-3-1-2-7(4-8)9-5-16-10(17)6-15-9/h1-6H,(H,16,17). The minimum absolute atomic E-state index is 0.288. The van der Waals surface area contributed by atoms with E-state index in [2.05, 4.69) is 9.97 Å². The second kappa shape index (κ2) is 4.04. The summed E-state index contributed by atoms with van der Waals surface area (Å²) in [4.78, 5) is 16.9. The molecule has 0 spiro atoms. The van der Waals surface area contributed by atoms with E-state index in [1.54, 1.807) is 0 Å². The third kappa shape index (κ3) is 2.52. The Bertz CT molecular complexity index is 569. The van der Waals surface area contributed by atoms with Crippen LogP contribution < -0.4 is 5.56 Å². The molecule has 1 heterocycles. The van der Waals surface area contributed by atoms with Gasteiger partial charge in [0.1, 0.15) is 0 Å². The molecule has 0 aliphatic heterocycles. The number of hydrogen-bond donors (Lipinski definition) is 1. The van der Waals surface area contributed by atoms with Crippen LogP contribution in [-0.4, -0.2) is 9.97 Å². The van der Waals surface area contributed by atoms with Gasteiger partial charge in [-0.1, -0.05) is 12.1 Å². The molecule has 17 heavy (non-hydrogen) atoms. The number of benzene rings is 1. The van der Waals surface area contributed by atoms with E-state index in [0.29, 0.717) is 5.56 Å². The van der Waals surface area contributed by atoms with E-state index in [-0.39, 0.29) is 5.69 Å². The van der Waals surface area contributed by atoms with E-state index in [1.807, 2.05) is 0 Å². The van der Waals surface area contributed by atoms with Crippen LogP contribution in [0.2, 0.25) is 0 Å². The lowest BCUT2D eigenvalue weighted by atomic mass is 10.1. The lowest BCUT2D eigenvalue weighted by molar-refractivity contribution is -0.137. The van der Waals surface area contributed by atoms with Crippen LogP contribution in [0.25, 0.3) is 11.3 Å². The largest absolute Gasteiger partial charge is 0.416 e. The summed E-state index contributed by atoms with van der Waals surface area (Å²) >= 11 is 0. The monoisotopic (exact) mass is 240 g/mol. The molecule has 88 valence electrons. The molecule has 0 saturated heterocycles. The number of nitrogens with one attached hydrogen (secondary N) is 1. The molecular formula is C11H7F3N2O. The first-order chi connectivity index (χ1) is 7.97. The highest BCUT2D eigenvalue weighted by atomic mass is 19.4. The molecule has 0 fully saturated rings. The number of halogens is 3. The lowest BCUT2D eigenvalue weighted by Crippen LogP contribution is -2.06. The van der Waals surface area contributed by atoms with Crippen molar-refractivity contribution in [3.63, 3.8) is 0 Å². The molecule has 1 aromatic heterocycles. The molecule has 0 aliphatic carbocycles. The fourth-order valence-corrected chi connectivity index (χ4v) is 1.35. The number of aromatic amines is 1. The summed E-state index contributed by atoms with van der Waals surface area (Å²) in [5, 5.41) is 0. The van der Waals surface area contributed by atoms with E-state index in [4.69, 9.17) is 0 Å². The SMILES string of the molecule is O=c1cnc(-c2cccc(C(F)(F)F)c2)c[nH]1. The number of alkyl halides is 3. The van der Waals surface area contributed by atoms with E-state index < -0.39 is 17.3 Å². The quantitative estimate of drug-likeness (QED) is 0.832. The summed E-state index contributed by atoms with van der Waals surface area (Å²) < 4.78 is 37.4. The van der Waals surface area contributed by atoms with Crippen molar-refractivity contribution in [1.82, 2.24) is 9.97 Å². The molecule has 1 N–H and O–H groups in total. The molecule has 1 aromatic carbocycles. The van der Waals surface area contributed by atoms with Crippen LogP contribution in [0.15, 0.2) is 41.5 Å². The normalized spacial score (nSPS) is 11.5. The smallest absolute Gasteiger partial charge is 0.326 e. The topological polar surface area (TPSA) is 45.8 Å². The van der Waals surface area contributed by atoms with Crippen LogP contribution in [0.3, 0.4) is 0 Å². The van der Waals surface area contributed by atoms with Gasteiger partial charge in [0.05, 0.1) is 17.5 Å². The van der Waals surface area contributed by atoms with E-state index in [0.717, 1.165) is 18.3 Å². The maximum absolute atomic E-state index is 12.5. The highest BCUT2D eigenvalue weighted by Gasteiger charge is 2.30. The molecule has 0 bridgehead atoms. The Labute approximate surface area is 94.0 Å². The summed E-state index contributed by atoms with van der Waals surface area (Å²) in [5.41, 5.74) is -0.560. The molecule has 2 rings (SSSR count). The first kappa shape index (κ1) is 11.4. The fraction of sp³-hybridized carbons (Fsp3) is 0.0909.